The predicted octanol–water partition coefficient (Wildman–Crippen LogP) is 3.61. The molecule has 0 saturated heterocycles. The van der Waals surface area contributed by atoms with Crippen LogP contribution in [0.4, 0.5) is 0 Å². The quantitative estimate of drug-likeness (QED) is 0.465. The third-order valence-electron chi connectivity index (χ3n) is 4.69. The Morgan fingerprint density at radius 2 is 1.93 bits per heavy atom. The first-order valence-corrected chi connectivity index (χ1v) is 9.98. The van der Waals surface area contributed by atoms with Crippen LogP contribution < -0.4 is 10.9 Å². The Labute approximate surface area is 178 Å². The summed E-state index contributed by atoms with van der Waals surface area (Å²) < 4.78 is 6.21. The van der Waals surface area contributed by atoms with E-state index in [4.69, 9.17) is 17.0 Å². The number of nitrogens with zero attached hydrogens (tertiary/aromatic N) is 1. The van der Waals surface area contributed by atoms with E-state index in [1.54, 1.807) is 30.3 Å². The highest BCUT2D eigenvalue weighted by Gasteiger charge is 2.13. The van der Waals surface area contributed by atoms with Crippen molar-refractivity contribution in [2.75, 3.05) is 13.7 Å². The number of fused-ring (bicyclic) bond motifs is 1. The number of benzene rings is 2. The Hall–Kier alpha value is -3.26. The summed E-state index contributed by atoms with van der Waals surface area (Å²) in [5.41, 5.74) is 1.33. The average molecular weight is 426 g/mol. The molecule has 1 heterocycles. The minimum absolute atomic E-state index is 0.159. The van der Waals surface area contributed by atoms with Gasteiger partial charge in [0.25, 0.3) is 11.5 Å². The van der Waals surface area contributed by atoms with Crippen molar-refractivity contribution in [2.45, 2.75) is 20.3 Å². The molecule has 3 aromatic rings. The van der Waals surface area contributed by atoms with Gasteiger partial charge in [-0.15, -0.1) is 0 Å². The van der Waals surface area contributed by atoms with E-state index in [-0.39, 0.29) is 16.2 Å². The van der Waals surface area contributed by atoms with Gasteiger partial charge < -0.3 is 15.0 Å². The van der Waals surface area contributed by atoms with E-state index in [1.807, 2.05) is 0 Å². The summed E-state index contributed by atoms with van der Waals surface area (Å²) in [5, 5.41) is 3.25. The van der Waals surface area contributed by atoms with Crippen LogP contribution in [0.1, 0.15) is 41.0 Å². The number of aromatic nitrogens is 2. The fourth-order valence-electron chi connectivity index (χ4n) is 3.06. The molecular formula is C22H23N3O4S. The van der Waals surface area contributed by atoms with Crippen LogP contribution in [-0.4, -0.2) is 35.1 Å². The predicted molar refractivity (Wildman–Crippen MR) is 118 cm³/mol. The third kappa shape index (κ3) is 4.49. The van der Waals surface area contributed by atoms with Gasteiger partial charge in [-0.3, -0.25) is 14.2 Å². The maximum absolute atomic E-state index is 13.1. The molecule has 1 amide bonds. The second kappa shape index (κ2) is 9.04. The van der Waals surface area contributed by atoms with Gasteiger partial charge in [-0.1, -0.05) is 19.9 Å². The Kier molecular flexibility index (Phi) is 6.47. The second-order valence-corrected chi connectivity index (χ2v) is 7.70. The van der Waals surface area contributed by atoms with Gasteiger partial charge in [0, 0.05) is 12.1 Å². The molecule has 3 rings (SSSR count). The number of amides is 1. The highest BCUT2D eigenvalue weighted by atomic mass is 32.1. The largest absolute Gasteiger partial charge is 0.465 e. The molecule has 2 aromatic carbocycles. The van der Waals surface area contributed by atoms with Gasteiger partial charge in [0.2, 0.25) is 0 Å². The zero-order chi connectivity index (χ0) is 21.8. The van der Waals surface area contributed by atoms with E-state index in [2.05, 4.69) is 24.1 Å². The molecule has 8 heteroatoms. The van der Waals surface area contributed by atoms with Crippen molar-refractivity contribution in [3.05, 3.63) is 68.7 Å². The number of carbonyl (C=O) groups is 2. The molecule has 0 atom stereocenters. The van der Waals surface area contributed by atoms with Crippen molar-refractivity contribution in [1.82, 2.24) is 14.9 Å². The Bertz CT molecular complexity index is 1230. The fourth-order valence-corrected chi connectivity index (χ4v) is 3.36. The van der Waals surface area contributed by atoms with Crippen LogP contribution in [0.15, 0.2) is 47.3 Å². The summed E-state index contributed by atoms with van der Waals surface area (Å²) in [6, 6.07) is 11.3. The Balaban J connectivity index is 2.01. The van der Waals surface area contributed by atoms with Crippen LogP contribution in [-0.2, 0) is 4.74 Å². The Morgan fingerprint density at radius 3 is 2.63 bits per heavy atom. The van der Waals surface area contributed by atoms with Crippen molar-refractivity contribution in [3.8, 4) is 5.69 Å². The molecule has 0 unspecified atom stereocenters. The number of rotatable bonds is 6. The molecule has 30 heavy (non-hydrogen) atoms. The van der Waals surface area contributed by atoms with Gasteiger partial charge >= 0.3 is 5.97 Å². The SMILES string of the molecule is COC(=O)c1ccc2c(=O)n(-c3cccc(C(=O)NCCC(C)C)c3)c(=S)[nH]c2c1. The van der Waals surface area contributed by atoms with E-state index in [9.17, 15) is 14.4 Å². The molecule has 7 nitrogen and oxygen atoms in total. The molecule has 0 aliphatic heterocycles. The van der Waals surface area contributed by atoms with Gasteiger partial charge in [0.15, 0.2) is 4.77 Å². The van der Waals surface area contributed by atoms with Crippen LogP contribution >= 0.6 is 12.2 Å². The van der Waals surface area contributed by atoms with Crippen molar-refractivity contribution in [1.29, 1.82) is 0 Å². The van der Waals surface area contributed by atoms with E-state index >= 15 is 0 Å². The summed E-state index contributed by atoms with van der Waals surface area (Å²) in [6.07, 6.45) is 0.883. The fraction of sp³-hybridized carbons (Fsp3) is 0.273. The molecule has 0 radical (unpaired) electrons. The van der Waals surface area contributed by atoms with Crippen molar-refractivity contribution >= 4 is 35.0 Å². The smallest absolute Gasteiger partial charge is 0.337 e. The standard InChI is InChI=1S/C22H23N3O4S/c1-13(2)9-10-23-19(26)14-5-4-6-16(11-14)25-20(27)17-8-7-15(21(28)29-3)12-18(17)24-22(25)30/h4-8,11-13H,9-10H2,1-3H3,(H,23,26)(H,24,30). The zero-order valence-electron chi connectivity index (χ0n) is 17.0. The van der Waals surface area contributed by atoms with Crippen molar-refractivity contribution < 1.29 is 14.3 Å². The van der Waals surface area contributed by atoms with E-state index in [1.165, 1.54) is 23.8 Å². The molecule has 0 aliphatic rings. The van der Waals surface area contributed by atoms with Gasteiger partial charge in [0.1, 0.15) is 0 Å². The molecule has 0 saturated carbocycles. The zero-order valence-corrected chi connectivity index (χ0v) is 17.8. The molecule has 0 fully saturated rings. The number of methoxy groups -OCH3 is 1. The third-order valence-corrected chi connectivity index (χ3v) is 4.98. The summed E-state index contributed by atoms with van der Waals surface area (Å²) in [7, 11) is 1.29. The van der Waals surface area contributed by atoms with Crippen LogP contribution in [0.25, 0.3) is 16.6 Å². The van der Waals surface area contributed by atoms with E-state index in [0.29, 0.717) is 40.2 Å². The number of H-pyrrole nitrogens is 1. The first-order valence-electron chi connectivity index (χ1n) is 9.58. The number of esters is 1. The number of aromatic amines is 1. The van der Waals surface area contributed by atoms with Gasteiger partial charge in [-0.05, 0) is 61.0 Å². The number of hydrogen-bond acceptors (Lipinski definition) is 5. The maximum Gasteiger partial charge on any atom is 0.337 e. The first-order chi connectivity index (χ1) is 14.3. The minimum Gasteiger partial charge on any atom is -0.465 e. The lowest BCUT2D eigenvalue weighted by Crippen LogP contribution is -2.26. The van der Waals surface area contributed by atoms with Crippen molar-refractivity contribution in [3.63, 3.8) is 0 Å². The lowest BCUT2D eigenvalue weighted by Gasteiger charge is -2.11. The monoisotopic (exact) mass is 425 g/mol. The molecule has 2 N–H and O–H groups in total. The summed E-state index contributed by atoms with van der Waals surface area (Å²) in [5.74, 6) is -0.216. The van der Waals surface area contributed by atoms with Gasteiger partial charge in [-0.25, -0.2) is 4.79 Å². The van der Waals surface area contributed by atoms with Crippen LogP contribution in [0.5, 0.6) is 0 Å². The highest BCUT2D eigenvalue weighted by molar-refractivity contribution is 7.71. The lowest BCUT2D eigenvalue weighted by atomic mass is 10.1. The molecule has 1 aromatic heterocycles. The van der Waals surface area contributed by atoms with Crippen LogP contribution in [0, 0.1) is 10.7 Å². The average Bonchev–Trinajstić information content (AvgIpc) is 2.72. The molecule has 156 valence electrons. The summed E-state index contributed by atoms with van der Waals surface area (Å²) >= 11 is 5.38. The molecule has 0 aliphatic carbocycles. The number of nitrogens with one attached hydrogen (secondary N) is 2. The first kappa shape index (κ1) is 21.4. The molecule has 0 spiro atoms. The number of ether oxygens (including phenoxy) is 1. The maximum atomic E-state index is 13.1. The molecule has 0 bridgehead atoms. The number of carbonyl (C=O) groups excluding carboxylic acids is 2. The normalized spacial score (nSPS) is 10.9. The minimum atomic E-state index is -0.503. The molecular weight excluding hydrogens is 402 g/mol. The van der Waals surface area contributed by atoms with Crippen molar-refractivity contribution in [2.24, 2.45) is 5.92 Å². The van der Waals surface area contributed by atoms with Gasteiger partial charge in [-0.2, -0.15) is 0 Å². The highest BCUT2D eigenvalue weighted by Crippen LogP contribution is 2.15. The summed E-state index contributed by atoms with van der Waals surface area (Å²) in [4.78, 5) is 40.3. The van der Waals surface area contributed by atoms with Crippen LogP contribution in [0.3, 0.4) is 0 Å². The second-order valence-electron chi connectivity index (χ2n) is 7.31. The van der Waals surface area contributed by atoms with E-state index < -0.39 is 5.97 Å². The number of hydrogen-bond donors (Lipinski definition) is 2. The topological polar surface area (TPSA) is 93.2 Å². The Morgan fingerprint density at radius 1 is 1.17 bits per heavy atom. The summed E-state index contributed by atoms with van der Waals surface area (Å²) in [6.45, 7) is 4.77. The lowest BCUT2D eigenvalue weighted by molar-refractivity contribution is 0.0600. The van der Waals surface area contributed by atoms with E-state index in [0.717, 1.165) is 6.42 Å². The van der Waals surface area contributed by atoms with Gasteiger partial charge in [0.05, 0.1) is 29.3 Å². The van der Waals surface area contributed by atoms with Crippen LogP contribution in [0.2, 0.25) is 0 Å².